The molecule has 0 fully saturated rings. The minimum Gasteiger partial charge on any atom is -0.453 e. The van der Waals surface area contributed by atoms with E-state index in [1.54, 1.807) is 0 Å². The maximum Gasteiger partial charge on any atom is 0.406 e. The van der Waals surface area contributed by atoms with Crippen molar-refractivity contribution in [3.63, 3.8) is 0 Å². The highest BCUT2D eigenvalue weighted by atomic mass is 16.5. The Labute approximate surface area is 67.1 Å². The molecule has 0 aromatic rings. The predicted molar refractivity (Wildman–Crippen MR) is 43.3 cm³/mol. The second kappa shape index (κ2) is 5.97. The van der Waals surface area contributed by atoms with E-state index in [1.165, 1.54) is 7.11 Å². The number of hydrogen-bond donors (Lipinski definition) is 2. The average Bonchev–Trinajstić information content (AvgIpc) is 1.97. The van der Waals surface area contributed by atoms with Gasteiger partial charge in [0.25, 0.3) is 0 Å². The molecule has 0 aliphatic rings. The fraction of sp³-hybridized carbons (Fsp3) is 0.857. The van der Waals surface area contributed by atoms with Crippen molar-refractivity contribution in [3.8, 4) is 0 Å². The van der Waals surface area contributed by atoms with Crippen LogP contribution in [0, 0.1) is 0 Å². The predicted octanol–water partition coefficient (Wildman–Crippen LogP) is 0.470. The van der Waals surface area contributed by atoms with Gasteiger partial charge in [-0.2, -0.15) is 0 Å². The first-order valence-corrected chi connectivity index (χ1v) is 3.74. The third kappa shape index (κ3) is 7.12. The molecular weight excluding hydrogens is 144 g/mol. The van der Waals surface area contributed by atoms with Gasteiger partial charge in [0.2, 0.25) is 0 Å². The molecule has 4 nitrogen and oxygen atoms in total. The summed E-state index contributed by atoms with van der Waals surface area (Å²) in [5.41, 5.74) is 5.50. The normalized spacial score (nSPS) is 12.3. The van der Waals surface area contributed by atoms with E-state index in [0.717, 1.165) is 12.8 Å². The van der Waals surface area contributed by atoms with Gasteiger partial charge in [-0.25, -0.2) is 4.79 Å². The van der Waals surface area contributed by atoms with Gasteiger partial charge in [-0.3, -0.25) is 0 Å². The van der Waals surface area contributed by atoms with Gasteiger partial charge in [-0.05, 0) is 19.8 Å². The van der Waals surface area contributed by atoms with Gasteiger partial charge >= 0.3 is 6.09 Å². The van der Waals surface area contributed by atoms with Gasteiger partial charge in [0, 0.05) is 12.6 Å². The Bertz CT molecular complexity index is 115. The number of alkyl carbamates (subject to hydrolysis) is 1. The Balaban J connectivity index is 3.08. The zero-order valence-corrected chi connectivity index (χ0v) is 7.09. The molecule has 1 amide bonds. The van der Waals surface area contributed by atoms with Crippen LogP contribution in [0.1, 0.15) is 19.8 Å². The Morgan fingerprint density at radius 1 is 1.73 bits per heavy atom. The van der Waals surface area contributed by atoms with E-state index in [9.17, 15) is 4.79 Å². The highest BCUT2D eigenvalue weighted by molar-refractivity contribution is 5.66. The first-order chi connectivity index (χ1) is 5.16. The largest absolute Gasteiger partial charge is 0.453 e. The summed E-state index contributed by atoms with van der Waals surface area (Å²) in [6.45, 7) is 2.58. The number of ether oxygens (including phenoxy) is 1. The summed E-state index contributed by atoms with van der Waals surface area (Å²) in [5.74, 6) is 0. The molecule has 0 radical (unpaired) electrons. The van der Waals surface area contributed by atoms with Crippen molar-refractivity contribution in [1.29, 1.82) is 0 Å². The van der Waals surface area contributed by atoms with Crippen molar-refractivity contribution in [2.24, 2.45) is 5.73 Å². The Hall–Kier alpha value is -0.770. The van der Waals surface area contributed by atoms with E-state index >= 15 is 0 Å². The topological polar surface area (TPSA) is 64.3 Å². The third-order valence-corrected chi connectivity index (χ3v) is 1.29. The first-order valence-electron chi connectivity index (χ1n) is 3.74. The SMILES string of the molecule is COC(=O)NCCCC(C)N. The summed E-state index contributed by atoms with van der Waals surface area (Å²) >= 11 is 0. The van der Waals surface area contributed by atoms with Crippen LogP contribution in [0.15, 0.2) is 0 Å². The van der Waals surface area contributed by atoms with E-state index < -0.39 is 0 Å². The van der Waals surface area contributed by atoms with Crippen molar-refractivity contribution in [2.75, 3.05) is 13.7 Å². The monoisotopic (exact) mass is 160 g/mol. The lowest BCUT2D eigenvalue weighted by atomic mass is 10.2. The van der Waals surface area contributed by atoms with Gasteiger partial charge in [-0.15, -0.1) is 0 Å². The molecule has 66 valence electrons. The van der Waals surface area contributed by atoms with Crippen molar-refractivity contribution in [2.45, 2.75) is 25.8 Å². The van der Waals surface area contributed by atoms with Crippen LogP contribution < -0.4 is 11.1 Å². The van der Waals surface area contributed by atoms with Gasteiger partial charge < -0.3 is 15.8 Å². The van der Waals surface area contributed by atoms with E-state index in [1.807, 2.05) is 6.92 Å². The van der Waals surface area contributed by atoms with Gasteiger partial charge in [0.05, 0.1) is 7.11 Å². The van der Waals surface area contributed by atoms with Crippen molar-refractivity contribution in [3.05, 3.63) is 0 Å². The van der Waals surface area contributed by atoms with Gasteiger partial charge in [0.15, 0.2) is 0 Å². The minimum atomic E-state index is -0.380. The molecule has 0 aliphatic heterocycles. The second-order valence-corrected chi connectivity index (χ2v) is 2.54. The van der Waals surface area contributed by atoms with E-state index in [-0.39, 0.29) is 12.1 Å². The molecule has 11 heavy (non-hydrogen) atoms. The Morgan fingerprint density at radius 3 is 2.82 bits per heavy atom. The maximum absolute atomic E-state index is 10.5. The molecule has 0 aromatic carbocycles. The highest BCUT2D eigenvalue weighted by Crippen LogP contribution is 1.90. The summed E-state index contributed by atoms with van der Waals surface area (Å²) in [6.07, 6.45) is 1.44. The molecule has 1 atom stereocenters. The fourth-order valence-corrected chi connectivity index (χ4v) is 0.687. The lowest BCUT2D eigenvalue weighted by Crippen LogP contribution is -2.25. The van der Waals surface area contributed by atoms with Crippen LogP contribution >= 0.6 is 0 Å². The third-order valence-electron chi connectivity index (χ3n) is 1.29. The smallest absolute Gasteiger partial charge is 0.406 e. The second-order valence-electron chi connectivity index (χ2n) is 2.54. The molecule has 0 aromatic heterocycles. The first kappa shape index (κ1) is 10.2. The summed E-state index contributed by atoms with van der Waals surface area (Å²) in [6, 6.07) is 0.203. The minimum absolute atomic E-state index is 0.203. The van der Waals surface area contributed by atoms with Crippen LogP contribution in [0.4, 0.5) is 4.79 Å². The van der Waals surface area contributed by atoms with Crippen molar-refractivity contribution >= 4 is 6.09 Å². The maximum atomic E-state index is 10.5. The summed E-state index contributed by atoms with van der Waals surface area (Å²) in [7, 11) is 1.35. The van der Waals surface area contributed by atoms with Gasteiger partial charge in [-0.1, -0.05) is 0 Å². The Morgan fingerprint density at radius 2 is 2.36 bits per heavy atom. The van der Waals surface area contributed by atoms with Crippen LogP contribution in [-0.2, 0) is 4.74 Å². The van der Waals surface area contributed by atoms with Crippen LogP contribution in [0.25, 0.3) is 0 Å². The van der Waals surface area contributed by atoms with Crippen molar-refractivity contribution in [1.82, 2.24) is 5.32 Å². The lowest BCUT2D eigenvalue weighted by molar-refractivity contribution is 0.171. The molecule has 0 saturated carbocycles. The van der Waals surface area contributed by atoms with Crippen LogP contribution in [0.5, 0.6) is 0 Å². The average molecular weight is 160 g/mol. The molecule has 0 bridgehead atoms. The molecular formula is C7H16N2O2. The number of rotatable bonds is 4. The van der Waals surface area contributed by atoms with Crippen LogP contribution in [-0.4, -0.2) is 25.8 Å². The number of amides is 1. The van der Waals surface area contributed by atoms with Gasteiger partial charge in [0.1, 0.15) is 0 Å². The molecule has 4 heteroatoms. The lowest BCUT2D eigenvalue weighted by Gasteiger charge is -2.05. The van der Waals surface area contributed by atoms with E-state index in [2.05, 4.69) is 10.1 Å². The molecule has 0 aliphatic carbocycles. The summed E-state index contributed by atoms with van der Waals surface area (Å²) in [4.78, 5) is 10.5. The van der Waals surface area contributed by atoms with E-state index in [4.69, 9.17) is 5.73 Å². The number of carbonyl (C=O) groups is 1. The molecule has 0 rings (SSSR count). The fourth-order valence-electron chi connectivity index (χ4n) is 0.687. The molecule has 0 heterocycles. The number of nitrogens with two attached hydrogens (primary N) is 1. The molecule has 3 N–H and O–H groups in total. The quantitative estimate of drug-likeness (QED) is 0.587. The summed E-state index contributed by atoms with van der Waals surface area (Å²) in [5, 5.41) is 2.57. The zero-order chi connectivity index (χ0) is 8.69. The number of hydrogen-bond acceptors (Lipinski definition) is 3. The number of methoxy groups -OCH3 is 1. The standard InChI is InChI=1S/C7H16N2O2/c1-6(8)4-3-5-9-7(10)11-2/h6H,3-5,8H2,1-2H3,(H,9,10). The number of nitrogens with one attached hydrogen (secondary N) is 1. The van der Waals surface area contributed by atoms with Crippen LogP contribution in [0.2, 0.25) is 0 Å². The summed E-state index contributed by atoms with van der Waals surface area (Å²) < 4.78 is 4.38. The van der Waals surface area contributed by atoms with Crippen LogP contribution in [0.3, 0.4) is 0 Å². The highest BCUT2D eigenvalue weighted by Gasteiger charge is 1.97. The van der Waals surface area contributed by atoms with E-state index in [0.29, 0.717) is 6.54 Å². The Kier molecular flexibility index (Phi) is 5.56. The zero-order valence-electron chi connectivity index (χ0n) is 7.09. The number of carbonyl (C=O) groups excluding carboxylic acids is 1. The van der Waals surface area contributed by atoms with Crippen molar-refractivity contribution < 1.29 is 9.53 Å². The molecule has 1 unspecified atom stereocenters. The molecule has 0 saturated heterocycles. The molecule has 0 spiro atoms.